The summed E-state index contributed by atoms with van der Waals surface area (Å²) in [6.45, 7) is 0.928. The summed E-state index contributed by atoms with van der Waals surface area (Å²) in [5.41, 5.74) is 7.77. The fourth-order valence-electron chi connectivity index (χ4n) is 1.06. The van der Waals surface area contributed by atoms with Gasteiger partial charge in [-0.3, -0.25) is 0 Å². The van der Waals surface area contributed by atoms with Crippen molar-refractivity contribution < 1.29 is 0 Å². The second kappa shape index (κ2) is 3.92. The van der Waals surface area contributed by atoms with E-state index in [1.807, 2.05) is 26.2 Å². The topological polar surface area (TPSA) is 29.3 Å². The second-order valence-electron chi connectivity index (χ2n) is 3.09. The van der Waals surface area contributed by atoms with E-state index >= 15 is 0 Å². The van der Waals surface area contributed by atoms with Gasteiger partial charge < -0.3 is 10.6 Å². The molecule has 1 aromatic rings. The van der Waals surface area contributed by atoms with Gasteiger partial charge in [0.15, 0.2) is 0 Å². The van der Waals surface area contributed by atoms with Crippen LogP contribution < -0.4 is 5.73 Å². The van der Waals surface area contributed by atoms with Gasteiger partial charge in [-0.1, -0.05) is 6.07 Å². The molecule has 12 heavy (non-hydrogen) atoms. The first-order chi connectivity index (χ1) is 5.59. The summed E-state index contributed by atoms with van der Waals surface area (Å²) in [6, 6.07) is 6.04. The highest BCUT2D eigenvalue weighted by Gasteiger charge is 1.98. The lowest BCUT2D eigenvalue weighted by molar-refractivity contribution is 0.402. The third kappa shape index (κ3) is 2.50. The van der Waals surface area contributed by atoms with Crippen LogP contribution in [-0.4, -0.2) is 19.0 Å². The predicted molar refractivity (Wildman–Crippen MR) is 55.9 cm³/mol. The van der Waals surface area contributed by atoms with Gasteiger partial charge in [-0.15, -0.1) is 0 Å². The maximum absolute atomic E-state index is 5.73. The lowest BCUT2D eigenvalue weighted by Gasteiger charge is -2.10. The van der Waals surface area contributed by atoms with Gasteiger partial charge in [-0.25, -0.2) is 0 Å². The van der Waals surface area contributed by atoms with Crippen LogP contribution in [0.3, 0.4) is 0 Å². The molecule has 3 heteroatoms. The molecule has 0 saturated carbocycles. The Labute approximate surface area is 81.5 Å². The second-order valence-corrected chi connectivity index (χ2v) is 3.95. The molecule has 0 aromatic heterocycles. The van der Waals surface area contributed by atoms with Crippen molar-refractivity contribution in [3.05, 3.63) is 28.2 Å². The van der Waals surface area contributed by atoms with Gasteiger partial charge in [-0.2, -0.15) is 0 Å². The summed E-state index contributed by atoms with van der Waals surface area (Å²) in [5, 5.41) is 0. The fraction of sp³-hybridized carbons (Fsp3) is 0.333. The number of hydrogen-bond acceptors (Lipinski definition) is 2. The molecule has 2 nitrogen and oxygen atoms in total. The quantitative estimate of drug-likeness (QED) is 0.787. The van der Waals surface area contributed by atoms with Crippen molar-refractivity contribution in [2.24, 2.45) is 0 Å². The number of halogens is 1. The third-order valence-corrected chi connectivity index (χ3v) is 2.28. The minimum absolute atomic E-state index is 0.800. The van der Waals surface area contributed by atoms with Gasteiger partial charge in [0.05, 0.1) is 0 Å². The highest BCUT2D eigenvalue weighted by molar-refractivity contribution is 9.10. The molecule has 2 N–H and O–H groups in total. The predicted octanol–water partition coefficient (Wildman–Crippen LogP) is 2.09. The number of nitrogens with zero attached hydrogens (tertiary/aromatic N) is 1. The van der Waals surface area contributed by atoms with E-state index in [0.717, 1.165) is 16.7 Å². The van der Waals surface area contributed by atoms with Gasteiger partial charge in [0.1, 0.15) is 0 Å². The summed E-state index contributed by atoms with van der Waals surface area (Å²) >= 11 is 3.36. The summed E-state index contributed by atoms with van der Waals surface area (Å²) in [4.78, 5) is 2.11. The van der Waals surface area contributed by atoms with Crippen molar-refractivity contribution in [1.29, 1.82) is 0 Å². The van der Waals surface area contributed by atoms with E-state index in [-0.39, 0.29) is 0 Å². The number of rotatable bonds is 2. The molecule has 0 amide bonds. The molecule has 0 atom stereocenters. The molecule has 0 aliphatic carbocycles. The zero-order chi connectivity index (χ0) is 9.14. The van der Waals surface area contributed by atoms with Crippen LogP contribution in [0.2, 0.25) is 0 Å². The first-order valence-electron chi connectivity index (χ1n) is 3.78. The Morgan fingerprint density at radius 3 is 2.58 bits per heavy atom. The average molecular weight is 229 g/mol. The maximum atomic E-state index is 5.73. The van der Waals surface area contributed by atoms with Crippen molar-refractivity contribution in [1.82, 2.24) is 4.90 Å². The van der Waals surface area contributed by atoms with E-state index in [2.05, 4.69) is 26.9 Å². The molecule has 0 radical (unpaired) electrons. The van der Waals surface area contributed by atoms with Crippen molar-refractivity contribution >= 4 is 21.6 Å². The first kappa shape index (κ1) is 9.55. The fourth-order valence-corrected chi connectivity index (χ4v) is 1.30. The highest BCUT2D eigenvalue weighted by atomic mass is 79.9. The standard InChI is InChI=1S/C9H13BrN2/c1-12(2)6-7-3-4-8(10)9(11)5-7/h3-5H,6,11H2,1-2H3. The summed E-state index contributed by atoms with van der Waals surface area (Å²) in [6.07, 6.45) is 0. The number of nitrogens with two attached hydrogens (primary N) is 1. The van der Waals surface area contributed by atoms with Crippen LogP contribution in [0.1, 0.15) is 5.56 Å². The molecule has 0 aliphatic heterocycles. The number of nitrogen functional groups attached to an aromatic ring is 1. The molecule has 0 fully saturated rings. The van der Waals surface area contributed by atoms with E-state index in [0.29, 0.717) is 0 Å². The van der Waals surface area contributed by atoms with Crippen LogP contribution in [0.4, 0.5) is 5.69 Å². The van der Waals surface area contributed by atoms with Crippen molar-refractivity contribution in [3.63, 3.8) is 0 Å². The van der Waals surface area contributed by atoms with Gasteiger partial charge in [0.25, 0.3) is 0 Å². The SMILES string of the molecule is CN(C)Cc1ccc(Br)c(N)c1. The number of benzene rings is 1. The molecule has 0 spiro atoms. The van der Waals surface area contributed by atoms with Crippen LogP contribution in [0, 0.1) is 0 Å². The van der Waals surface area contributed by atoms with Crippen LogP contribution in [0.5, 0.6) is 0 Å². The molecule has 0 bridgehead atoms. The van der Waals surface area contributed by atoms with E-state index in [9.17, 15) is 0 Å². The first-order valence-corrected chi connectivity index (χ1v) is 4.57. The lowest BCUT2D eigenvalue weighted by atomic mass is 10.2. The van der Waals surface area contributed by atoms with Crippen LogP contribution in [0.15, 0.2) is 22.7 Å². The van der Waals surface area contributed by atoms with Crippen LogP contribution in [0.25, 0.3) is 0 Å². The minimum Gasteiger partial charge on any atom is -0.398 e. The van der Waals surface area contributed by atoms with Gasteiger partial charge >= 0.3 is 0 Å². The lowest BCUT2D eigenvalue weighted by Crippen LogP contribution is -2.10. The van der Waals surface area contributed by atoms with Gasteiger partial charge in [-0.05, 0) is 47.7 Å². The molecule has 1 rings (SSSR count). The normalized spacial score (nSPS) is 10.7. The molecule has 0 aliphatic rings. The van der Waals surface area contributed by atoms with Crippen molar-refractivity contribution in [3.8, 4) is 0 Å². The van der Waals surface area contributed by atoms with E-state index in [1.54, 1.807) is 0 Å². The summed E-state index contributed by atoms with van der Waals surface area (Å²) < 4.78 is 0.963. The molecule has 1 aromatic carbocycles. The Balaban J connectivity index is 2.82. The minimum atomic E-state index is 0.800. The molecular formula is C9H13BrN2. The van der Waals surface area contributed by atoms with Crippen molar-refractivity contribution in [2.45, 2.75) is 6.54 Å². The average Bonchev–Trinajstić information content (AvgIpc) is 1.96. The molecule has 66 valence electrons. The van der Waals surface area contributed by atoms with E-state index in [4.69, 9.17) is 5.73 Å². The molecule has 0 heterocycles. The summed E-state index contributed by atoms with van der Waals surface area (Å²) in [5.74, 6) is 0. The largest absolute Gasteiger partial charge is 0.398 e. The van der Waals surface area contributed by atoms with Crippen LogP contribution in [-0.2, 0) is 6.54 Å². The smallest absolute Gasteiger partial charge is 0.0461 e. The van der Waals surface area contributed by atoms with E-state index in [1.165, 1.54) is 5.56 Å². The zero-order valence-electron chi connectivity index (χ0n) is 7.34. The Hall–Kier alpha value is -0.540. The Bertz CT molecular complexity index is 271. The Morgan fingerprint density at radius 2 is 2.08 bits per heavy atom. The monoisotopic (exact) mass is 228 g/mol. The van der Waals surface area contributed by atoms with E-state index < -0.39 is 0 Å². The number of hydrogen-bond donors (Lipinski definition) is 1. The Morgan fingerprint density at radius 1 is 1.42 bits per heavy atom. The zero-order valence-corrected chi connectivity index (χ0v) is 8.93. The molecular weight excluding hydrogens is 216 g/mol. The summed E-state index contributed by atoms with van der Waals surface area (Å²) in [7, 11) is 4.08. The third-order valence-electron chi connectivity index (χ3n) is 1.56. The van der Waals surface area contributed by atoms with Crippen LogP contribution >= 0.6 is 15.9 Å². The van der Waals surface area contributed by atoms with Crippen molar-refractivity contribution in [2.75, 3.05) is 19.8 Å². The highest BCUT2D eigenvalue weighted by Crippen LogP contribution is 2.20. The number of anilines is 1. The maximum Gasteiger partial charge on any atom is 0.0461 e. The van der Waals surface area contributed by atoms with Gasteiger partial charge in [0.2, 0.25) is 0 Å². The molecule has 0 unspecified atom stereocenters. The molecule has 0 saturated heterocycles. The van der Waals surface area contributed by atoms with Gasteiger partial charge in [0, 0.05) is 16.7 Å². The Kier molecular flexibility index (Phi) is 3.12.